The van der Waals surface area contributed by atoms with Crippen LogP contribution in [0.4, 0.5) is 9.59 Å². The third-order valence-electron chi connectivity index (χ3n) is 21.8. The predicted octanol–water partition coefficient (Wildman–Crippen LogP) is 9.85. The first-order valence-corrected chi connectivity index (χ1v) is 47.5. The van der Waals surface area contributed by atoms with Crippen molar-refractivity contribution >= 4 is 139 Å². The van der Waals surface area contributed by atoms with E-state index in [1.807, 2.05) is 18.6 Å². The fourth-order valence-corrected chi connectivity index (χ4v) is 17.9. The normalized spacial score (nSPS) is 21.9. The average molecular weight is 1980 g/mol. The van der Waals surface area contributed by atoms with E-state index in [4.69, 9.17) is 78.9 Å². The number of amides is 7. The molecule has 6 fully saturated rings. The number of halogens is 3. The van der Waals surface area contributed by atoms with Crippen LogP contribution in [-0.4, -0.2) is 237 Å². The Balaban J connectivity index is 0.000000250. The number of nitrogens with two attached hydrogens (primary N) is 1. The van der Waals surface area contributed by atoms with Crippen LogP contribution in [0.5, 0.6) is 17.5 Å². The lowest BCUT2D eigenvalue weighted by Crippen LogP contribution is -2.60. The number of alkyl carbamates (subject to hydrolysis) is 2. The fourth-order valence-electron chi connectivity index (χ4n) is 14.3. The first-order valence-electron chi connectivity index (χ1n) is 41.7. The molecule has 4 saturated carbocycles. The standard InChI is InChI=1S/C39H56ClN5O12S.C29H42BrN3O9S.C13H14ClNO4.C4H9NO3S/c1-11-22-19-39(22,34(48)44-58(50,51)57-38(8)15-16-38)43-32(46)26-17-23(20-45(26)33(47)31(36(2,3)4)42-35(49)56-37(5,6)7)55-27-18-28(54-21-29(52-9)53-10)41-30-24(27)13-12-14-25(30)40;1-9-17-15-29(17,25(36)40-8)32-23(34)21-14-19(42-43(38,39)20-12-10-18(30)11-13-20)16-33(21)24(35)22(27(2,3)4)31-26(37)41-28(5,6)7;1-17-12(18-2)7-19-11-6-10(16)8-4-3-5-9(14)13(8)15-11;1-4(2-3-4)8-9(5,6)7/h12-14,18,22-23,26,29,31H,11,15-17,19-21H2,1-10H3,(H,42,49)(H,43,46)(H,44,48);10-13,17,19,21-22H,9,14-16H2,1-8H3,(H,31,37)(H,32,34);3-6,12H,7H2,1-2H3,(H,15,16);2-3H2,1H3,(H2,5,6,7)/t22-,23-,26+,31-,39-;17-,19+,21+,22-,29-;;/m11../s1. The van der Waals surface area contributed by atoms with E-state index < -0.39 is 172 Å². The Morgan fingerprint density at radius 2 is 1.07 bits per heavy atom. The van der Waals surface area contributed by atoms with Gasteiger partial charge in [0.05, 0.1) is 56.9 Å². The Kier molecular flexibility index (Phi) is 34.7. The van der Waals surface area contributed by atoms with E-state index in [1.54, 1.807) is 152 Å². The van der Waals surface area contributed by atoms with Crippen LogP contribution in [0.3, 0.4) is 0 Å². The van der Waals surface area contributed by atoms with Gasteiger partial charge in [0, 0.05) is 75.2 Å². The summed E-state index contributed by atoms with van der Waals surface area (Å²) in [4.78, 5) is 131. The average Bonchev–Trinajstić information content (AvgIpc) is 1.55. The van der Waals surface area contributed by atoms with Gasteiger partial charge in [-0.1, -0.05) is 119 Å². The Morgan fingerprint density at radius 3 is 1.52 bits per heavy atom. The smallest absolute Gasteiger partial charge is 0.408 e. The third kappa shape index (κ3) is 29.3. The van der Waals surface area contributed by atoms with Gasteiger partial charge in [0.2, 0.25) is 29.5 Å². The summed E-state index contributed by atoms with van der Waals surface area (Å²) in [5, 5.41) is 17.4. The number of benzene rings is 3. The molecule has 4 heterocycles. The van der Waals surface area contributed by atoms with Crippen molar-refractivity contribution in [2.75, 3.05) is 61.9 Å². The maximum absolute atomic E-state index is 14.7. The molecule has 11 rings (SSSR count). The second kappa shape index (κ2) is 42.2. The summed E-state index contributed by atoms with van der Waals surface area (Å²) in [6.45, 7) is 27.5. The molecule has 4 aliphatic carbocycles. The number of methoxy groups -OCH3 is 5. The lowest BCUT2D eigenvalue weighted by Gasteiger charge is -2.36. The van der Waals surface area contributed by atoms with Crippen molar-refractivity contribution in [3.8, 4) is 17.5 Å². The number of H-pyrrole nitrogens is 1. The third-order valence-corrected chi connectivity index (χ3v) is 26.0. The highest BCUT2D eigenvalue weighted by atomic mass is 79.9. The van der Waals surface area contributed by atoms with Gasteiger partial charge in [-0.2, -0.15) is 25.3 Å². The molecular formula is C85H121BrCl2N10O28S3. The molecule has 5 aromatic rings. The SMILES string of the molecule is CC1(OS(N)(=O)=O)CC1.CC[C@@H]1C[C@]1(NC(=O)[C@@H]1C[C@@H](Oc2cc(OCC(OC)OC)nc3c(Cl)cccc23)CN1C(=O)[C@@H](NC(=O)OC(C)(C)C)C(C)(C)C)C(=O)NS(=O)(=O)OC1(C)CC1.CC[C@@H]1C[C@]1(NC(=O)[C@@H]1C[C@H](OS(=O)(=O)c2ccc(Br)cc2)CN1C(=O)[C@@H](NC(=O)OC(C)(C)C)C(C)(C)C)C(=O)OC.COC(COc1cc(=O)c2cccc(Cl)c2[nH]1)OC. The van der Waals surface area contributed by atoms with E-state index in [2.05, 4.69) is 56.5 Å². The van der Waals surface area contributed by atoms with Crippen molar-refractivity contribution in [1.29, 1.82) is 0 Å². The highest BCUT2D eigenvalue weighted by Gasteiger charge is 2.64. The van der Waals surface area contributed by atoms with Gasteiger partial charge in [-0.25, -0.2) is 33.4 Å². The number of nitrogens with one attached hydrogen (secondary N) is 6. The van der Waals surface area contributed by atoms with Gasteiger partial charge in [0.15, 0.2) is 23.9 Å². The molecule has 129 heavy (non-hydrogen) atoms. The number of carbonyl (C=O) groups is 8. The summed E-state index contributed by atoms with van der Waals surface area (Å²) in [7, 11) is -5.27. The predicted molar refractivity (Wildman–Crippen MR) is 477 cm³/mol. The summed E-state index contributed by atoms with van der Waals surface area (Å²) in [6, 6.07) is 14.4. The molecule has 718 valence electrons. The number of nitrogens with zero attached hydrogens (tertiary/aromatic N) is 3. The Morgan fingerprint density at radius 1 is 0.612 bits per heavy atom. The van der Waals surface area contributed by atoms with Crippen molar-refractivity contribution in [1.82, 2.24) is 45.8 Å². The first kappa shape index (κ1) is 106. The zero-order chi connectivity index (χ0) is 96.5. The molecule has 10 atom stereocenters. The molecule has 44 heteroatoms. The van der Waals surface area contributed by atoms with Crippen LogP contribution in [-0.2, 0) is 105 Å². The maximum atomic E-state index is 14.7. The van der Waals surface area contributed by atoms with E-state index in [-0.39, 0.29) is 73.6 Å². The first-order chi connectivity index (χ1) is 59.7. The molecule has 0 bridgehead atoms. The van der Waals surface area contributed by atoms with E-state index >= 15 is 0 Å². The number of pyridine rings is 2. The van der Waals surface area contributed by atoms with E-state index in [0.29, 0.717) is 80.1 Å². The van der Waals surface area contributed by atoms with Crippen LogP contribution >= 0.6 is 39.1 Å². The number of aromatic nitrogens is 2. The molecule has 38 nitrogen and oxygen atoms in total. The zero-order valence-corrected chi connectivity index (χ0v) is 81.9. The minimum atomic E-state index is -4.49. The molecular weight excluding hydrogens is 1860 g/mol. The summed E-state index contributed by atoms with van der Waals surface area (Å²) >= 11 is 15.9. The number of likely N-dealkylation sites (tertiary alicyclic amines) is 2. The molecule has 6 aliphatic rings. The lowest BCUT2D eigenvalue weighted by molar-refractivity contribution is -0.148. The van der Waals surface area contributed by atoms with Gasteiger partial charge < -0.3 is 83.4 Å². The molecule has 0 unspecified atom stereocenters. The molecule has 7 amide bonds. The molecule has 2 aromatic heterocycles. The number of fused-ring (bicyclic) bond motifs is 2. The lowest BCUT2D eigenvalue weighted by atomic mass is 9.85. The van der Waals surface area contributed by atoms with Crippen molar-refractivity contribution < 1.29 is 124 Å². The highest BCUT2D eigenvalue weighted by Crippen LogP contribution is 2.49. The largest absolute Gasteiger partial charge is 0.488 e. The zero-order valence-electron chi connectivity index (χ0n) is 76.3. The van der Waals surface area contributed by atoms with Crippen molar-refractivity contribution in [2.24, 2.45) is 27.8 Å². The minimum absolute atomic E-state index is 0.0109. The number of hydrogen-bond donors (Lipinski definition) is 7. The van der Waals surface area contributed by atoms with Crippen LogP contribution in [0.15, 0.2) is 87.0 Å². The van der Waals surface area contributed by atoms with Crippen molar-refractivity contribution in [2.45, 2.75) is 262 Å². The second-order valence-electron chi connectivity index (χ2n) is 36.9. The maximum Gasteiger partial charge on any atom is 0.408 e. The van der Waals surface area contributed by atoms with Gasteiger partial charge in [0.1, 0.15) is 71.5 Å². The summed E-state index contributed by atoms with van der Waals surface area (Å²) in [5.41, 5.74) is -6.77. The van der Waals surface area contributed by atoms with Crippen LogP contribution < -0.4 is 50.8 Å². The molecule has 3 aromatic carbocycles. The van der Waals surface area contributed by atoms with E-state index in [9.17, 15) is 68.4 Å². The molecule has 0 spiro atoms. The Labute approximate surface area is 770 Å². The topological polar surface area (TPSA) is 497 Å². The van der Waals surface area contributed by atoms with Crippen LogP contribution in [0.25, 0.3) is 21.8 Å². The summed E-state index contributed by atoms with van der Waals surface area (Å²) < 4.78 is 144. The number of aromatic amines is 1. The second-order valence-corrected chi connectivity index (χ2v) is 42.6. The van der Waals surface area contributed by atoms with Gasteiger partial charge >= 0.3 is 38.8 Å². The Bertz CT molecular complexity index is 5310. The van der Waals surface area contributed by atoms with Crippen LogP contribution in [0.1, 0.15) is 175 Å². The number of hydrogen-bond acceptors (Lipinski definition) is 29. The quantitative estimate of drug-likeness (QED) is 0.00910. The monoisotopic (exact) mass is 1970 g/mol. The van der Waals surface area contributed by atoms with Gasteiger partial charge in [-0.3, -0.25) is 37.1 Å². The van der Waals surface area contributed by atoms with Gasteiger partial charge in [-0.05, 0) is 165 Å². The van der Waals surface area contributed by atoms with Gasteiger partial charge in [-0.15, -0.1) is 0 Å². The Hall–Kier alpha value is -8.37. The fraction of sp³-hybridized carbons (Fsp3) is 0.624. The molecule has 0 radical (unpaired) electrons. The number of carbonyl (C=O) groups excluding carboxylic acids is 8. The highest BCUT2D eigenvalue weighted by molar-refractivity contribution is 9.10. The van der Waals surface area contributed by atoms with E-state index in [0.717, 1.165) is 12.8 Å². The van der Waals surface area contributed by atoms with Crippen molar-refractivity contribution in [3.63, 3.8) is 0 Å². The van der Waals surface area contributed by atoms with Crippen LogP contribution in [0, 0.1) is 22.7 Å². The number of para-hydroxylation sites is 2. The number of esters is 1. The molecule has 2 aliphatic heterocycles. The van der Waals surface area contributed by atoms with Gasteiger partial charge in [0.25, 0.3) is 16.0 Å². The number of ether oxygens (including phenoxy) is 10. The molecule has 8 N–H and O–H groups in total. The molecule has 2 saturated heterocycles. The minimum Gasteiger partial charge on any atom is -0.488 e. The number of rotatable bonds is 32. The van der Waals surface area contributed by atoms with Crippen LogP contribution in [0.2, 0.25) is 10.0 Å². The summed E-state index contributed by atoms with van der Waals surface area (Å²) in [6.07, 6.45) is -0.715. The summed E-state index contributed by atoms with van der Waals surface area (Å²) in [5.74, 6) is -3.87. The van der Waals surface area contributed by atoms with E-state index in [1.165, 1.54) is 63.5 Å². The van der Waals surface area contributed by atoms with Crippen molar-refractivity contribution in [3.05, 3.63) is 97.5 Å².